The first-order valence-corrected chi connectivity index (χ1v) is 6.60. The Morgan fingerprint density at radius 1 is 1.18 bits per heavy atom. The van der Waals surface area contributed by atoms with Crippen LogP contribution in [0.2, 0.25) is 0 Å². The molecule has 2 aliphatic carbocycles. The molecule has 0 N–H and O–H groups in total. The quantitative estimate of drug-likeness (QED) is 0.723. The first-order valence-electron chi connectivity index (χ1n) is 6.60. The van der Waals surface area contributed by atoms with Crippen molar-refractivity contribution in [1.29, 1.82) is 0 Å². The van der Waals surface area contributed by atoms with Crippen LogP contribution in [0.3, 0.4) is 0 Å². The van der Waals surface area contributed by atoms with Gasteiger partial charge in [-0.05, 0) is 29.7 Å². The molecule has 92 valence electrons. The van der Waals surface area contributed by atoms with Crippen LogP contribution in [-0.2, 0) is 6.42 Å². The van der Waals surface area contributed by atoms with Gasteiger partial charge in [0, 0.05) is 29.9 Å². The molecule has 0 aromatic carbocycles. The van der Waals surface area contributed by atoms with Gasteiger partial charge in [0.15, 0.2) is 5.78 Å². The second-order valence-electron chi connectivity index (χ2n) is 6.71. The van der Waals surface area contributed by atoms with Gasteiger partial charge >= 0.3 is 0 Å². The molecule has 3 rings (SSSR count). The van der Waals surface area contributed by atoms with E-state index in [4.69, 9.17) is 0 Å². The van der Waals surface area contributed by atoms with E-state index < -0.39 is 0 Å². The maximum absolute atomic E-state index is 11.9. The number of nitrogens with zero attached hydrogens (tertiary/aromatic N) is 1. The fourth-order valence-corrected chi connectivity index (χ4v) is 3.65. The van der Waals surface area contributed by atoms with Crippen molar-refractivity contribution in [2.24, 2.45) is 10.8 Å². The van der Waals surface area contributed by atoms with Crippen molar-refractivity contribution in [3.8, 4) is 0 Å². The van der Waals surface area contributed by atoms with Crippen LogP contribution in [0, 0.1) is 10.8 Å². The van der Waals surface area contributed by atoms with E-state index in [0.29, 0.717) is 22.7 Å². The summed E-state index contributed by atoms with van der Waals surface area (Å²) in [6, 6.07) is 2.58. The van der Waals surface area contributed by atoms with Crippen LogP contribution in [0.25, 0.3) is 0 Å². The zero-order valence-electron chi connectivity index (χ0n) is 11.2. The summed E-state index contributed by atoms with van der Waals surface area (Å²) in [5.41, 5.74) is 2.93. The average molecular weight is 231 g/mol. The molecular formula is C15H21NO. The van der Waals surface area contributed by atoms with Crippen molar-refractivity contribution < 1.29 is 4.79 Å². The van der Waals surface area contributed by atoms with Crippen LogP contribution in [0.1, 0.15) is 62.6 Å². The monoisotopic (exact) mass is 231 g/mol. The smallest absolute Gasteiger partial charge is 0.164 e. The summed E-state index contributed by atoms with van der Waals surface area (Å²) in [5.74, 6) is 0.335. The highest BCUT2D eigenvalue weighted by Gasteiger charge is 2.66. The van der Waals surface area contributed by atoms with Crippen molar-refractivity contribution in [3.63, 3.8) is 0 Å². The van der Waals surface area contributed by atoms with E-state index >= 15 is 0 Å². The number of carbonyl (C=O) groups is 1. The molecule has 17 heavy (non-hydrogen) atoms. The number of aromatic nitrogens is 1. The maximum Gasteiger partial charge on any atom is 0.164 e. The molecule has 0 unspecified atom stereocenters. The van der Waals surface area contributed by atoms with Gasteiger partial charge < -0.3 is 4.57 Å². The van der Waals surface area contributed by atoms with E-state index in [0.717, 1.165) is 24.8 Å². The van der Waals surface area contributed by atoms with Gasteiger partial charge in [-0.25, -0.2) is 0 Å². The highest BCUT2D eigenvalue weighted by Crippen LogP contribution is 2.71. The molecule has 1 heterocycles. The van der Waals surface area contributed by atoms with E-state index in [1.165, 1.54) is 5.69 Å². The van der Waals surface area contributed by atoms with Gasteiger partial charge in [0.05, 0.1) is 0 Å². The summed E-state index contributed by atoms with van der Waals surface area (Å²) >= 11 is 0. The minimum atomic E-state index is 0.334. The molecule has 0 atom stereocenters. The molecule has 2 nitrogen and oxygen atoms in total. The number of hydrogen-bond donors (Lipinski definition) is 0. The van der Waals surface area contributed by atoms with Crippen LogP contribution >= 0.6 is 0 Å². The molecule has 2 aliphatic rings. The van der Waals surface area contributed by atoms with Gasteiger partial charge in [-0.1, -0.05) is 27.7 Å². The highest BCUT2D eigenvalue weighted by molar-refractivity contribution is 5.98. The van der Waals surface area contributed by atoms with E-state index in [-0.39, 0.29) is 0 Å². The van der Waals surface area contributed by atoms with Crippen LogP contribution < -0.4 is 0 Å². The Balaban J connectivity index is 2.05. The molecule has 1 aromatic heterocycles. The van der Waals surface area contributed by atoms with Gasteiger partial charge in [-0.15, -0.1) is 0 Å². The van der Waals surface area contributed by atoms with Crippen molar-refractivity contribution >= 4 is 5.78 Å². The number of hydrogen-bond acceptors (Lipinski definition) is 1. The van der Waals surface area contributed by atoms with Crippen molar-refractivity contribution in [3.05, 3.63) is 23.5 Å². The highest BCUT2D eigenvalue weighted by atomic mass is 16.1. The molecule has 1 aromatic rings. The summed E-state index contributed by atoms with van der Waals surface area (Å²) < 4.78 is 2.38. The predicted octanol–water partition coefficient (Wildman–Crippen LogP) is 3.61. The lowest BCUT2D eigenvalue weighted by Crippen LogP contribution is -2.14. The molecule has 0 radical (unpaired) electrons. The first-order chi connectivity index (χ1) is 7.87. The second kappa shape index (κ2) is 3.04. The average Bonchev–Trinajstić information content (AvgIpc) is 2.60. The second-order valence-corrected chi connectivity index (χ2v) is 6.71. The zero-order valence-corrected chi connectivity index (χ0v) is 11.2. The van der Waals surface area contributed by atoms with E-state index in [1.807, 2.05) is 6.07 Å². The zero-order chi connectivity index (χ0) is 12.4. The fraction of sp³-hybridized carbons (Fsp3) is 0.667. The topological polar surface area (TPSA) is 22.0 Å². The van der Waals surface area contributed by atoms with Gasteiger partial charge in [0.2, 0.25) is 0 Å². The van der Waals surface area contributed by atoms with E-state index in [1.54, 1.807) is 0 Å². The van der Waals surface area contributed by atoms with Crippen LogP contribution in [0.15, 0.2) is 12.3 Å². The Hall–Kier alpha value is -1.05. The number of ketones is 1. The number of fused-ring (bicyclic) bond motifs is 1. The Morgan fingerprint density at radius 2 is 1.82 bits per heavy atom. The molecule has 0 bridgehead atoms. The minimum absolute atomic E-state index is 0.334. The lowest BCUT2D eigenvalue weighted by Gasteiger charge is -2.16. The third kappa shape index (κ3) is 1.24. The van der Waals surface area contributed by atoms with Crippen LogP contribution in [0.4, 0.5) is 0 Å². The molecule has 2 heteroatoms. The normalized spacial score (nSPS) is 25.8. The van der Waals surface area contributed by atoms with Crippen molar-refractivity contribution in [2.75, 3.05) is 0 Å². The third-order valence-corrected chi connectivity index (χ3v) is 5.36. The summed E-state index contributed by atoms with van der Waals surface area (Å²) in [5, 5.41) is 0. The fourth-order valence-electron chi connectivity index (χ4n) is 3.65. The predicted molar refractivity (Wildman–Crippen MR) is 68.3 cm³/mol. The molecule has 1 fully saturated rings. The summed E-state index contributed by atoms with van der Waals surface area (Å²) in [7, 11) is 0. The minimum Gasteiger partial charge on any atom is -0.347 e. The van der Waals surface area contributed by atoms with Crippen molar-refractivity contribution in [1.82, 2.24) is 4.57 Å². The summed E-state index contributed by atoms with van der Waals surface area (Å²) in [6.07, 6.45) is 4.95. The van der Waals surface area contributed by atoms with Crippen LogP contribution in [0.5, 0.6) is 0 Å². The lowest BCUT2D eigenvalue weighted by molar-refractivity contribution is 0.0971. The molecule has 0 amide bonds. The molecular weight excluding hydrogens is 210 g/mol. The molecule has 1 saturated carbocycles. The largest absolute Gasteiger partial charge is 0.347 e. The number of Topliss-reactive ketones (excluding diaryl/α,β-unsaturated/α-hetero) is 1. The third-order valence-electron chi connectivity index (χ3n) is 5.36. The van der Waals surface area contributed by atoms with Gasteiger partial charge in [-0.3, -0.25) is 4.79 Å². The van der Waals surface area contributed by atoms with Gasteiger partial charge in [0.25, 0.3) is 0 Å². The number of carbonyl (C=O) groups excluding carboxylic acids is 1. The maximum atomic E-state index is 11.9. The van der Waals surface area contributed by atoms with Gasteiger partial charge in [0.1, 0.15) is 0 Å². The molecule has 0 aliphatic heterocycles. The molecule has 0 spiro atoms. The van der Waals surface area contributed by atoms with E-state index in [2.05, 4.69) is 38.5 Å². The first kappa shape index (κ1) is 11.1. The number of rotatable bonds is 1. The Kier molecular flexibility index (Phi) is 1.98. The van der Waals surface area contributed by atoms with Crippen molar-refractivity contribution in [2.45, 2.75) is 53.0 Å². The Morgan fingerprint density at radius 3 is 2.41 bits per heavy atom. The summed E-state index contributed by atoms with van der Waals surface area (Å²) in [4.78, 5) is 11.9. The standard InChI is InChI=1S/C15H21NO/c1-14(2)13(15(14,3)4)16-9-8-10-11(16)6-5-7-12(10)17/h8-9,13H,5-7H2,1-4H3. The lowest BCUT2D eigenvalue weighted by atomic mass is 9.96. The van der Waals surface area contributed by atoms with E-state index in [9.17, 15) is 4.79 Å². The Bertz CT molecular complexity index is 479. The Labute approximate surface area is 103 Å². The SMILES string of the molecule is CC1(C)C(n2ccc3c2CCCC3=O)C1(C)C. The molecule has 0 saturated heterocycles. The summed E-state index contributed by atoms with van der Waals surface area (Å²) in [6.45, 7) is 9.31. The van der Waals surface area contributed by atoms with Gasteiger partial charge in [-0.2, -0.15) is 0 Å². The van der Waals surface area contributed by atoms with Crippen LogP contribution in [-0.4, -0.2) is 10.4 Å².